The monoisotopic (exact) mass is 791 g/mol. The zero-order valence-electron chi connectivity index (χ0n) is 33.6. The molecule has 0 amide bonds. The van der Waals surface area contributed by atoms with Crippen molar-refractivity contribution in [1.82, 2.24) is 15.0 Å². The number of rotatable bonds is 7. The molecule has 290 valence electrons. The molecule has 4 nitrogen and oxygen atoms in total. The molecule has 11 aromatic rings. The van der Waals surface area contributed by atoms with E-state index >= 15 is 0 Å². The second kappa shape index (κ2) is 14.5. The van der Waals surface area contributed by atoms with E-state index in [1.165, 1.54) is 27.8 Å². The van der Waals surface area contributed by atoms with Crippen molar-refractivity contribution < 1.29 is 4.42 Å². The molecule has 0 bridgehead atoms. The number of furan rings is 1. The van der Waals surface area contributed by atoms with Crippen molar-refractivity contribution in [2.45, 2.75) is 5.41 Å². The second-order valence-electron chi connectivity index (χ2n) is 15.9. The number of aromatic nitrogens is 3. The van der Waals surface area contributed by atoms with E-state index < -0.39 is 5.41 Å². The van der Waals surface area contributed by atoms with Crippen LogP contribution in [0.1, 0.15) is 22.3 Å². The van der Waals surface area contributed by atoms with E-state index in [4.69, 9.17) is 19.4 Å². The molecular weight excluding hydrogens is 755 g/mol. The molecule has 0 aliphatic heterocycles. The highest BCUT2D eigenvalue weighted by Gasteiger charge is 2.46. The lowest BCUT2D eigenvalue weighted by atomic mass is 9.67. The summed E-state index contributed by atoms with van der Waals surface area (Å²) in [5, 5.41) is 2.10. The Balaban J connectivity index is 0.997. The van der Waals surface area contributed by atoms with Crippen LogP contribution in [0, 0.1) is 0 Å². The average Bonchev–Trinajstić information content (AvgIpc) is 3.88. The third-order valence-electron chi connectivity index (χ3n) is 12.4. The van der Waals surface area contributed by atoms with Crippen molar-refractivity contribution in [2.24, 2.45) is 0 Å². The molecule has 0 fully saturated rings. The average molecular weight is 792 g/mol. The second-order valence-corrected chi connectivity index (χ2v) is 15.9. The highest BCUT2D eigenvalue weighted by Crippen LogP contribution is 2.56. The molecule has 12 rings (SSSR count). The van der Waals surface area contributed by atoms with Crippen molar-refractivity contribution in [2.75, 3.05) is 0 Å². The summed E-state index contributed by atoms with van der Waals surface area (Å²) in [6, 6.07) is 79.2. The predicted octanol–water partition coefficient (Wildman–Crippen LogP) is 14.5. The normalized spacial score (nSPS) is 12.6. The van der Waals surface area contributed by atoms with Gasteiger partial charge in [-0.1, -0.05) is 200 Å². The smallest absolute Gasteiger partial charge is 0.164 e. The molecule has 0 unspecified atom stereocenters. The molecule has 62 heavy (non-hydrogen) atoms. The quantitative estimate of drug-likeness (QED) is 0.161. The first-order valence-electron chi connectivity index (χ1n) is 21.0. The van der Waals surface area contributed by atoms with Crippen LogP contribution in [0.25, 0.3) is 89.5 Å². The van der Waals surface area contributed by atoms with Crippen LogP contribution >= 0.6 is 0 Å². The minimum atomic E-state index is -0.512. The van der Waals surface area contributed by atoms with Crippen LogP contribution in [-0.4, -0.2) is 15.0 Å². The molecule has 1 aliphatic rings. The van der Waals surface area contributed by atoms with E-state index in [1.54, 1.807) is 0 Å². The fourth-order valence-electron chi connectivity index (χ4n) is 9.54. The Morgan fingerprint density at radius 2 is 0.726 bits per heavy atom. The number of nitrogens with zero attached hydrogens (tertiary/aromatic N) is 3. The molecule has 2 heterocycles. The van der Waals surface area contributed by atoms with Gasteiger partial charge in [-0.25, -0.2) is 15.0 Å². The van der Waals surface area contributed by atoms with Crippen LogP contribution in [-0.2, 0) is 5.41 Å². The van der Waals surface area contributed by atoms with Gasteiger partial charge in [-0.3, -0.25) is 0 Å². The highest BCUT2D eigenvalue weighted by atomic mass is 16.3. The number of fused-ring (bicyclic) bond motifs is 6. The molecule has 9 aromatic carbocycles. The van der Waals surface area contributed by atoms with E-state index in [1.807, 2.05) is 12.1 Å². The first kappa shape index (κ1) is 35.7. The van der Waals surface area contributed by atoms with Gasteiger partial charge in [-0.15, -0.1) is 0 Å². The van der Waals surface area contributed by atoms with Crippen LogP contribution < -0.4 is 0 Å². The Morgan fingerprint density at radius 1 is 0.290 bits per heavy atom. The van der Waals surface area contributed by atoms with Crippen molar-refractivity contribution in [3.05, 3.63) is 247 Å². The molecule has 2 aromatic heterocycles. The number of hydrogen-bond acceptors (Lipinski definition) is 4. The van der Waals surface area contributed by atoms with Crippen molar-refractivity contribution in [3.63, 3.8) is 0 Å². The lowest BCUT2D eigenvalue weighted by Gasteiger charge is -2.33. The van der Waals surface area contributed by atoms with Gasteiger partial charge in [0.25, 0.3) is 0 Å². The van der Waals surface area contributed by atoms with Gasteiger partial charge in [0.2, 0.25) is 0 Å². The van der Waals surface area contributed by atoms with E-state index in [0.717, 1.165) is 66.4 Å². The molecule has 4 heteroatoms. The minimum absolute atomic E-state index is 0.512. The molecule has 0 spiro atoms. The molecular formula is C58H37N3O. The van der Waals surface area contributed by atoms with Crippen LogP contribution in [0.15, 0.2) is 229 Å². The summed E-state index contributed by atoms with van der Waals surface area (Å²) in [5.41, 5.74) is 15.7. The predicted molar refractivity (Wildman–Crippen MR) is 252 cm³/mol. The zero-order chi connectivity index (χ0) is 41.0. The third kappa shape index (κ3) is 5.80. The molecule has 0 radical (unpaired) electrons. The van der Waals surface area contributed by atoms with Gasteiger partial charge in [0.05, 0.1) is 5.41 Å². The first-order valence-corrected chi connectivity index (χ1v) is 21.0. The Labute approximate surface area is 359 Å². The largest absolute Gasteiger partial charge is 0.456 e. The SMILES string of the molecule is c1ccc(-c2ccc(-c3nc(-c4cccc(-c5ccccc5)c4)nc(-c4ccc5c(c4)oc4cc(C6(c7ccccc7)c7ccccc7-c7ccccc76)ccc45)n3)cc2)cc1. The first-order chi connectivity index (χ1) is 30.7. The zero-order valence-corrected chi connectivity index (χ0v) is 33.6. The van der Waals surface area contributed by atoms with Crippen LogP contribution in [0.5, 0.6) is 0 Å². The van der Waals surface area contributed by atoms with E-state index in [0.29, 0.717) is 17.5 Å². The molecule has 1 aliphatic carbocycles. The third-order valence-corrected chi connectivity index (χ3v) is 12.4. The summed E-state index contributed by atoms with van der Waals surface area (Å²) in [6.45, 7) is 0. The van der Waals surface area contributed by atoms with Gasteiger partial charge in [-0.2, -0.15) is 0 Å². The maximum absolute atomic E-state index is 6.85. The van der Waals surface area contributed by atoms with Gasteiger partial charge in [0, 0.05) is 27.5 Å². The van der Waals surface area contributed by atoms with Crippen molar-refractivity contribution in [1.29, 1.82) is 0 Å². The Bertz CT molecular complexity index is 3400. The summed E-state index contributed by atoms with van der Waals surface area (Å²) in [4.78, 5) is 15.4. The van der Waals surface area contributed by atoms with Crippen LogP contribution in [0.4, 0.5) is 0 Å². The highest BCUT2D eigenvalue weighted by molar-refractivity contribution is 6.06. The van der Waals surface area contributed by atoms with Gasteiger partial charge in [-0.05, 0) is 79.9 Å². The van der Waals surface area contributed by atoms with E-state index in [9.17, 15) is 0 Å². The molecule has 0 saturated heterocycles. The van der Waals surface area contributed by atoms with E-state index in [-0.39, 0.29) is 0 Å². The number of benzene rings is 9. The summed E-state index contributed by atoms with van der Waals surface area (Å²) in [7, 11) is 0. The summed E-state index contributed by atoms with van der Waals surface area (Å²) < 4.78 is 6.85. The standard InChI is InChI=1S/C58H37N3O/c1-4-15-38(16-5-1)40-27-29-41(30-28-40)55-59-56(43-20-14-19-42(35-43)39-17-6-2-7-18-39)61-57(60-55)44-31-33-49-50-34-32-46(37-54(50)62-53(49)36-44)58(45-21-8-3-9-22-45)51-25-12-10-23-47(51)48-24-11-13-26-52(48)58/h1-37H. The summed E-state index contributed by atoms with van der Waals surface area (Å²) in [5.74, 6) is 1.78. The van der Waals surface area contributed by atoms with Gasteiger partial charge >= 0.3 is 0 Å². The lowest BCUT2D eigenvalue weighted by molar-refractivity contribution is 0.665. The molecule has 0 atom stereocenters. The summed E-state index contributed by atoms with van der Waals surface area (Å²) in [6.07, 6.45) is 0. The van der Waals surface area contributed by atoms with Crippen LogP contribution in [0.2, 0.25) is 0 Å². The molecule has 0 saturated carbocycles. The Hall–Kier alpha value is -8.21. The van der Waals surface area contributed by atoms with Crippen molar-refractivity contribution in [3.8, 4) is 67.5 Å². The summed E-state index contributed by atoms with van der Waals surface area (Å²) >= 11 is 0. The van der Waals surface area contributed by atoms with Gasteiger partial charge in [0.15, 0.2) is 17.5 Å². The topological polar surface area (TPSA) is 51.8 Å². The number of hydrogen-bond donors (Lipinski definition) is 0. The van der Waals surface area contributed by atoms with Crippen molar-refractivity contribution >= 4 is 21.9 Å². The maximum atomic E-state index is 6.85. The van der Waals surface area contributed by atoms with Gasteiger partial charge < -0.3 is 4.42 Å². The van der Waals surface area contributed by atoms with E-state index in [2.05, 4.69) is 212 Å². The Kier molecular flexibility index (Phi) is 8.36. The fraction of sp³-hybridized carbons (Fsp3) is 0.0172. The lowest BCUT2D eigenvalue weighted by Crippen LogP contribution is -2.28. The van der Waals surface area contributed by atoms with Gasteiger partial charge in [0.1, 0.15) is 11.2 Å². The fourth-order valence-corrected chi connectivity index (χ4v) is 9.54. The molecule has 0 N–H and O–H groups in total. The van der Waals surface area contributed by atoms with Crippen LogP contribution in [0.3, 0.4) is 0 Å². The minimum Gasteiger partial charge on any atom is -0.456 e. The maximum Gasteiger partial charge on any atom is 0.164 e. The Morgan fingerprint density at radius 3 is 1.37 bits per heavy atom.